The fourth-order valence-electron chi connectivity index (χ4n) is 4.20. The molecule has 1 fully saturated rings. The SMILES string of the molecule is Cc1cc(-c2cccnc2)c2ncc(-c3nc(NC4CCC(N)CC4)ncc3Cl)n2c1. The van der Waals surface area contributed by atoms with Crippen LogP contribution >= 0.6 is 11.6 Å². The van der Waals surface area contributed by atoms with Gasteiger partial charge in [-0.25, -0.2) is 15.0 Å². The highest BCUT2D eigenvalue weighted by Gasteiger charge is 2.21. The molecule has 8 heteroatoms. The molecule has 1 aliphatic carbocycles. The minimum atomic E-state index is 0.301. The molecule has 0 aromatic carbocycles. The van der Waals surface area contributed by atoms with E-state index >= 15 is 0 Å². The molecule has 4 aromatic rings. The number of nitrogens with zero attached hydrogens (tertiary/aromatic N) is 5. The molecule has 5 rings (SSSR count). The standard InChI is InChI=1S/C23H24ClN7/c1-14-9-18(15-3-2-8-26-10-15)22-27-12-20(31(22)13-14)21-19(24)11-28-23(30-21)29-17-6-4-16(25)5-7-17/h2-3,8-13,16-17H,4-7,25H2,1H3,(H,28,29,30). The van der Waals surface area contributed by atoms with E-state index in [1.54, 1.807) is 12.4 Å². The Bertz CT molecular complexity index is 1210. The summed E-state index contributed by atoms with van der Waals surface area (Å²) < 4.78 is 2.04. The van der Waals surface area contributed by atoms with E-state index in [2.05, 4.69) is 33.3 Å². The number of nitrogens with two attached hydrogens (primary N) is 1. The first-order valence-corrected chi connectivity index (χ1v) is 10.9. The van der Waals surface area contributed by atoms with Gasteiger partial charge in [0.2, 0.25) is 5.95 Å². The molecule has 7 nitrogen and oxygen atoms in total. The van der Waals surface area contributed by atoms with Crippen LogP contribution in [0.1, 0.15) is 31.2 Å². The van der Waals surface area contributed by atoms with Crippen LogP contribution in [0, 0.1) is 6.92 Å². The van der Waals surface area contributed by atoms with Gasteiger partial charge >= 0.3 is 0 Å². The summed E-state index contributed by atoms with van der Waals surface area (Å²) in [5.74, 6) is 0.579. The van der Waals surface area contributed by atoms with Gasteiger partial charge in [-0.1, -0.05) is 17.7 Å². The number of halogens is 1. The Kier molecular flexibility index (Phi) is 5.29. The van der Waals surface area contributed by atoms with Gasteiger partial charge in [-0.3, -0.25) is 9.38 Å². The van der Waals surface area contributed by atoms with Crippen molar-refractivity contribution >= 4 is 23.2 Å². The number of hydrogen-bond donors (Lipinski definition) is 2. The van der Waals surface area contributed by atoms with Gasteiger partial charge in [-0.15, -0.1) is 0 Å². The summed E-state index contributed by atoms with van der Waals surface area (Å²) in [6.07, 6.45) is 13.2. The highest BCUT2D eigenvalue weighted by Crippen LogP contribution is 2.32. The Labute approximate surface area is 185 Å². The van der Waals surface area contributed by atoms with E-state index in [0.717, 1.165) is 53.7 Å². The first kappa shape index (κ1) is 19.9. The van der Waals surface area contributed by atoms with Gasteiger partial charge in [-0.2, -0.15) is 0 Å². The molecule has 0 bridgehead atoms. The van der Waals surface area contributed by atoms with Crippen LogP contribution in [0.4, 0.5) is 5.95 Å². The number of aryl methyl sites for hydroxylation is 1. The van der Waals surface area contributed by atoms with Crippen LogP contribution in [0.15, 0.2) is 49.2 Å². The summed E-state index contributed by atoms with van der Waals surface area (Å²) in [7, 11) is 0. The van der Waals surface area contributed by atoms with Gasteiger partial charge in [0.15, 0.2) is 0 Å². The van der Waals surface area contributed by atoms with Crippen molar-refractivity contribution in [2.75, 3.05) is 5.32 Å². The summed E-state index contributed by atoms with van der Waals surface area (Å²) >= 11 is 6.53. The molecule has 0 radical (unpaired) electrons. The zero-order valence-electron chi connectivity index (χ0n) is 17.3. The third-order valence-corrected chi connectivity index (χ3v) is 6.08. The smallest absolute Gasteiger partial charge is 0.223 e. The third kappa shape index (κ3) is 3.98. The number of rotatable bonds is 4. The van der Waals surface area contributed by atoms with Gasteiger partial charge in [-0.05, 0) is 50.3 Å². The summed E-state index contributed by atoms with van der Waals surface area (Å²) in [6.45, 7) is 2.06. The van der Waals surface area contributed by atoms with Crippen molar-refractivity contribution in [1.82, 2.24) is 24.3 Å². The zero-order valence-corrected chi connectivity index (χ0v) is 18.0. The van der Waals surface area contributed by atoms with Crippen molar-refractivity contribution in [3.63, 3.8) is 0 Å². The second-order valence-electron chi connectivity index (χ2n) is 8.16. The summed E-state index contributed by atoms with van der Waals surface area (Å²) in [4.78, 5) is 18.1. The molecule has 0 aliphatic heterocycles. The van der Waals surface area contributed by atoms with Gasteiger partial charge in [0.25, 0.3) is 0 Å². The molecule has 0 atom stereocenters. The largest absolute Gasteiger partial charge is 0.351 e. The summed E-state index contributed by atoms with van der Waals surface area (Å²) in [5.41, 5.74) is 11.5. The van der Waals surface area contributed by atoms with Crippen molar-refractivity contribution in [2.45, 2.75) is 44.7 Å². The molecule has 4 aromatic heterocycles. The molecule has 1 aliphatic rings. The first-order valence-electron chi connectivity index (χ1n) is 10.5. The molecule has 4 heterocycles. The van der Waals surface area contributed by atoms with Crippen molar-refractivity contribution in [2.24, 2.45) is 5.73 Å². The van der Waals surface area contributed by atoms with Gasteiger partial charge in [0.05, 0.1) is 23.1 Å². The van der Waals surface area contributed by atoms with Crippen LogP contribution in [0.25, 0.3) is 28.2 Å². The maximum absolute atomic E-state index is 6.53. The lowest BCUT2D eigenvalue weighted by Crippen LogP contribution is -2.33. The Hall–Kier alpha value is -3.03. The number of aromatic nitrogens is 5. The lowest BCUT2D eigenvalue weighted by Gasteiger charge is -2.26. The second-order valence-corrected chi connectivity index (χ2v) is 8.56. The number of nitrogens with one attached hydrogen (secondary N) is 1. The molecule has 0 saturated heterocycles. The molecule has 0 spiro atoms. The first-order chi connectivity index (χ1) is 15.1. The van der Waals surface area contributed by atoms with Crippen LogP contribution in [0.3, 0.4) is 0 Å². The zero-order chi connectivity index (χ0) is 21.4. The highest BCUT2D eigenvalue weighted by atomic mass is 35.5. The average molecular weight is 434 g/mol. The van der Waals surface area contributed by atoms with E-state index in [1.807, 2.05) is 35.1 Å². The van der Waals surface area contributed by atoms with Crippen molar-refractivity contribution in [3.05, 3.63) is 59.8 Å². The Morgan fingerprint density at radius 1 is 1.13 bits per heavy atom. The molecule has 0 amide bonds. The fraction of sp³-hybridized carbons (Fsp3) is 0.304. The highest BCUT2D eigenvalue weighted by molar-refractivity contribution is 6.32. The lowest BCUT2D eigenvalue weighted by atomic mass is 9.92. The molecule has 1 saturated carbocycles. The Balaban J connectivity index is 1.54. The minimum Gasteiger partial charge on any atom is -0.351 e. The van der Waals surface area contributed by atoms with Gasteiger partial charge < -0.3 is 11.1 Å². The van der Waals surface area contributed by atoms with Crippen LogP contribution in [-0.2, 0) is 0 Å². The number of pyridine rings is 2. The van der Waals surface area contributed by atoms with Gasteiger partial charge in [0, 0.05) is 41.8 Å². The van der Waals surface area contributed by atoms with E-state index in [9.17, 15) is 0 Å². The van der Waals surface area contributed by atoms with E-state index < -0.39 is 0 Å². The predicted molar refractivity (Wildman–Crippen MR) is 123 cm³/mol. The van der Waals surface area contributed by atoms with E-state index in [-0.39, 0.29) is 0 Å². The van der Waals surface area contributed by atoms with Crippen LogP contribution < -0.4 is 11.1 Å². The average Bonchev–Trinajstić information content (AvgIpc) is 3.20. The van der Waals surface area contributed by atoms with Crippen molar-refractivity contribution < 1.29 is 0 Å². The number of hydrogen-bond acceptors (Lipinski definition) is 6. The molecule has 0 unspecified atom stereocenters. The monoisotopic (exact) mass is 433 g/mol. The predicted octanol–water partition coefficient (Wildman–Crippen LogP) is 4.50. The van der Waals surface area contributed by atoms with Crippen molar-refractivity contribution in [3.8, 4) is 22.5 Å². The molecule has 3 N–H and O–H groups in total. The number of anilines is 1. The van der Waals surface area contributed by atoms with Gasteiger partial charge in [0.1, 0.15) is 11.3 Å². The topological polar surface area (TPSA) is 94.0 Å². The van der Waals surface area contributed by atoms with E-state index in [0.29, 0.717) is 28.7 Å². The fourth-order valence-corrected chi connectivity index (χ4v) is 4.38. The maximum Gasteiger partial charge on any atom is 0.223 e. The third-order valence-electron chi connectivity index (χ3n) is 5.81. The molecular weight excluding hydrogens is 410 g/mol. The van der Waals surface area contributed by atoms with Crippen LogP contribution in [0.2, 0.25) is 5.02 Å². The lowest BCUT2D eigenvalue weighted by molar-refractivity contribution is 0.410. The Morgan fingerprint density at radius 3 is 2.74 bits per heavy atom. The Morgan fingerprint density at radius 2 is 1.97 bits per heavy atom. The van der Waals surface area contributed by atoms with E-state index in [1.165, 1.54) is 0 Å². The molecule has 158 valence electrons. The summed E-state index contributed by atoms with van der Waals surface area (Å²) in [5, 5.41) is 3.94. The van der Waals surface area contributed by atoms with E-state index in [4.69, 9.17) is 22.3 Å². The second kappa shape index (κ2) is 8.24. The quantitative estimate of drug-likeness (QED) is 0.492. The van der Waals surface area contributed by atoms with Crippen molar-refractivity contribution in [1.29, 1.82) is 0 Å². The number of imidazole rings is 1. The van der Waals surface area contributed by atoms with Crippen LogP contribution in [-0.4, -0.2) is 36.4 Å². The normalized spacial score (nSPS) is 18.9. The van der Waals surface area contributed by atoms with Crippen LogP contribution in [0.5, 0.6) is 0 Å². The maximum atomic E-state index is 6.53. The summed E-state index contributed by atoms with van der Waals surface area (Å²) in [6, 6.07) is 6.71. The minimum absolute atomic E-state index is 0.301. The molecular formula is C23H24ClN7. The molecule has 31 heavy (non-hydrogen) atoms. The number of fused-ring (bicyclic) bond motifs is 1.